The second-order valence-corrected chi connectivity index (χ2v) is 8.20. The number of rotatable bonds is 3. The Balaban J connectivity index is 1.76. The number of benzene rings is 2. The molecular weight excluding hydrogens is 370 g/mol. The lowest BCUT2D eigenvalue weighted by molar-refractivity contribution is 0.590. The van der Waals surface area contributed by atoms with Gasteiger partial charge in [-0.3, -0.25) is 4.57 Å². The highest BCUT2D eigenvalue weighted by Crippen LogP contribution is 2.29. The van der Waals surface area contributed by atoms with Gasteiger partial charge in [-0.25, -0.2) is 15.0 Å². The molecule has 5 nitrogen and oxygen atoms in total. The van der Waals surface area contributed by atoms with Crippen LogP contribution in [0, 0.1) is 6.92 Å². The highest BCUT2D eigenvalue weighted by Gasteiger charge is 2.17. The number of nitrogens with one attached hydrogen (secondary N) is 1. The van der Waals surface area contributed by atoms with Gasteiger partial charge in [-0.15, -0.1) is 0 Å². The quantitative estimate of drug-likeness (QED) is 0.478. The van der Waals surface area contributed by atoms with E-state index in [1.807, 2.05) is 35.8 Å². The van der Waals surface area contributed by atoms with Gasteiger partial charge in [-0.1, -0.05) is 56.6 Å². The summed E-state index contributed by atoms with van der Waals surface area (Å²) in [5, 5.41) is 4.02. The number of aromatic nitrogens is 4. The Kier molecular flexibility index (Phi) is 4.55. The van der Waals surface area contributed by atoms with Crippen molar-refractivity contribution in [1.82, 2.24) is 19.5 Å². The molecule has 0 saturated carbocycles. The van der Waals surface area contributed by atoms with Crippen LogP contribution in [-0.2, 0) is 5.41 Å². The molecular formula is C22H22ClN5. The average Bonchev–Trinajstić information content (AvgIpc) is 2.99. The van der Waals surface area contributed by atoms with Crippen LogP contribution in [-0.4, -0.2) is 19.5 Å². The second-order valence-electron chi connectivity index (χ2n) is 7.79. The highest BCUT2D eigenvalue weighted by molar-refractivity contribution is 6.32. The van der Waals surface area contributed by atoms with Crippen molar-refractivity contribution in [2.75, 3.05) is 5.32 Å². The molecule has 0 unspecified atom stereocenters. The monoisotopic (exact) mass is 391 g/mol. The zero-order valence-corrected chi connectivity index (χ0v) is 17.1. The number of para-hydroxylation sites is 1. The van der Waals surface area contributed by atoms with Crippen LogP contribution in [0.5, 0.6) is 0 Å². The van der Waals surface area contributed by atoms with E-state index >= 15 is 0 Å². The molecule has 2 aromatic heterocycles. The van der Waals surface area contributed by atoms with Crippen molar-refractivity contribution in [2.24, 2.45) is 0 Å². The predicted molar refractivity (Wildman–Crippen MR) is 115 cm³/mol. The van der Waals surface area contributed by atoms with Gasteiger partial charge in [0.25, 0.3) is 0 Å². The van der Waals surface area contributed by atoms with Gasteiger partial charge in [0.1, 0.15) is 12.2 Å². The minimum Gasteiger partial charge on any atom is -0.338 e. The number of fused-ring (bicyclic) bond motifs is 1. The summed E-state index contributed by atoms with van der Waals surface area (Å²) in [6.45, 7) is 8.54. The van der Waals surface area contributed by atoms with Crippen LogP contribution in [0.3, 0.4) is 0 Å². The van der Waals surface area contributed by atoms with Gasteiger partial charge in [0.05, 0.1) is 10.7 Å². The zero-order valence-electron chi connectivity index (χ0n) is 16.4. The third-order valence-electron chi connectivity index (χ3n) is 4.72. The summed E-state index contributed by atoms with van der Waals surface area (Å²) in [4.78, 5) is 13.6. The number of imidazole rings is 1. The Morgan fingerprint density at radius 2 is 1.68 bits per heavy atom. The van der Waals surface area contributed by atoms with E-state index in [1.165, 1.54) is 5.56 Å². The highest BCUT2D eigenvalue weighted by atomic mass is 35.5. The van der Waals surface area contributed by atoms with E-state index in [9.17, 15) is 0 Å². The molecule has 142 valence electrons. The summed E-state index contributed by atoms with van der Waals surface area (Å²) in [5.41, 5.74) is 4.63. The molecule has 2 aromatic carbocycles. The van der Waals surface area contributed by atoms with Crippen LogP contribution < -0.4 is 5.32 Å². The molecule has 28 heavy (non-hydrogen) atoms. The van der Waals surface area contributed by atoms with Crippen molar-refractivity contribution in [3.63, 3.8) is 0 Å². The topological polar surface area (TPSA) is 55.6 Å². The molecule has 4 aromatic rings. The van der Waals surface area contributed by atoms with Crippen LogP contribution >= 0.6 is 11.6 Å². The van der Waals surface area contributed by atoms with Gasteiger partial charge < -0.3 is 5.32 Å². The molecule has 0 amide bonds. The lowest BCUT2D eigenvalue weighted by Crippen LogP contribution is -2.10. The molecule has 1 N–H and O–H groups in total. The fourth-order valence-corrected chi connectivity index (χ4v) is 3.42. The van der Waals surface area contributed by atoms with Crippen molar-refractivity contribution < 1.29 is 0 Å². The maximum atomic E-state index is 6.40. The standard InChI is InChI=1S/C22H22ClN5/c1-14-26-19-20(27-16-11-9-15(10-12-16)22(2,3)4)24-13-25-21(19)28(14)18-8-6-5-7-17(18)23/h5-13H,1-4H3,(H,24,25,27). The fraction of sp³-hybridized carbons (Fsp3) is 0.227. The van der Waals surface area contributed by atoms with Crippen LogP contribution in [0.4, 0.5) is 11.5 Å². The Morgan fingerprint density at radius 1 is 0.964 bits per heavy atom. The number of hydrogen-bond donors (Lipinski definition) is 1. The predicted octanol–water partition coefficient (Wildman–Crippen LogP) is 5.82. The number of halogens is 1. The lowest BCUT2D eigenvalue weighted by atomic mass is 9.87. The Hall–Kier alpha value is -2.92. The number of nitrogens with zero attached hydrogens (tertiary/aromatic N) is 4. The second kappa shape index (κ2) is 6.91. The first-order valence-corrected chi connectivity index (χ1v) is 9.55. The molecule has 4 rings (SSSR count). The smallest absolute Gasteiger partial charge is 0.170 e. The summed E-state index contributed by atoms with van der Waals surface area (Å²) >= 11 is 6.40. The van der Waals surface area contributed by atoms with E-state index in [0.29, 0.717) is 16.4 Å². The van der Waals surface area contributed by atoms with E-state index in [0.717, 1.165) is 22.8 Å². The van der Waals surface area contributed by atoms with Crippen LogP contribution in [0.2, 0.25) is 5.02 Å². The van der Waals surface area contributed by atoms with Crippen LogP contribution in [0.15, 0.2) is 54.9 Å². The molecule has 0 atom stereocenters. The first-order valence-electron chi connectivity index (χ1n) is 9.17. The third kappa shape index (κ3) is 3.34. The normalized spacial score (nSPS) is 11.8. The minimum atomic E-state index is 0.117. The fourth-order valence-electron chi connectivity index (χ4n) is 3.20. The molecule has 0 aliphatic carbocycles. The largest absolute Gasteiger partial charge is 0.338 e. The van der Waals surface area contributed by atoms with E-state index in [4.69, 9.17) is 16.6 Å². The first kappa shape index (κ1) is 18.4. The molecule has 2 heterocycles. The van der Waals surface area contributed by atoms with Gasteiger partial charge in [0.15, 0.2) is 17.0 Å². The van der Waals surface area contributed by atoms with E-state index in [2.05, 4.69) is 60.3 Å². The zero-order chi connectivity index (χ0) is 19.9. The molecule has 0 bridgehead atoms. The molecule has 0 radical (unpaired) electrons. The van der Waals surface area contributed by atoms with Crippen LogP contribution in [0.25, 0.3) is 16.9 Å². The number of aryl methyl sites for hydroxylation is 1. The molecule has 0 spiro atoms. The lowest BCUT2D eigenvalue weighted by Gasteiger charge is -2.19. The van der Waals surface area contributed by atoms with E-state index in [-0.39, 0.29) is 5.41 Å². The summed E-state index contributed by atoms with van der Waals surface area (Å²) < 4.78 is 1.95. The van der Waals surface area contributed by atoms with Crippen molar-refractivity contribution in [3.8, 4) is 5.69 Å². The molecule has 6 heteroatoms. The Morgan fingerprint density at radius 3 is 2.36 bits per heavy atom. The van der Waals surface area contributed by atoms with Gasteiger partial charge in [-0.05, 0) is 42.2 Å². The average molecular weight is 392 g/mol. The van der Waals surface area contributed by atoms with E-state index in [1.54, 1.807) is 6.33 Å². The van der Waals surface area contributed by atoms with Gasteiger partial charge in [0, 0.05) is 5.69 Å². The van der Waals surface area contributed by atoms with Crippen molar-refractivity contribution in [3.05, 3.63) is 71.3 Å². The molecule has 0 saturated heterocycles. The summed E-state index contributed by atoms with van der Waals surface area (Å²) in [5.74, 6) is 1.47. The van der Waals surface area contributed by atoms with Gasteiger partial charge in [0.2, 0.25) is 0 Å². The number of anilines is 2. The first-order chi connectivity index (χ1) is 13.3. The molecule has 0 aliphatic rings. The third-order valence-corrected chi connectivity index (χ3v) is 5.04. The van der Waals surface area contributed by atoms with Crippen molar-refractivity contribution in [1.29, 1.82) is 0 Å². The maximum absolute atomic E-state index is 6.40. The SMILES string of the molecule is Cc1nc2c(Nc3ccc(C(C)(C)C)cc3)ncnc2n1-c1ccccc1Cl. The van der Waals surface area contributed by atoms with Crippen molar-refractivity contribution in [2.45, 2.75) is 33.1 Å². The van der Waals surface area contributed by atoms with Gasteiger partial charge in [-0.2, -0.15) is 0 Å². The Bertz CT molecular complexity index is 1140. The minimum absolute atomic E-state index is 0.117. The molecule has 0 aliphatic heterocycles. The summed E-state index contributed by atoms with van der Waals surface area (Å²) in [6, 6.07) is 16.1. The number of hydrogen-bond acceptors (Lipinski definition) is 4. The Labute approximate surface area is 169 Å². The molecule has 0 fully saturated rings. The van der Waals surface area contributed by atoms with E-state index < -0.39 is 0 Å². The van der Waals surface area contributed by atoms with Crippen molar-refractivity contribution >= 4 is 34.3 Å². The maximum Gasteiger partial charge on any atom is 0.170 e. The van der Waals surface area contributed by atoms with Crippen LogP contribution in [0.1, 0.15) is 32.2 Å². The summed E-state index contributed by atoms with van der Waals surface area (Å²) in [6.07, 6.45) is 1.54. The summed E-state index contributed by atoms with van der Waals surface area (Å²) in [7, 11) is 0. The van der Waals surface area contributed by atoms with Gasteiger partial charge >= 0.3 is 0 Å².